The molecule has 5 heteroatoms. The number of carbonyl (C=O) groups is 2. The zero-order valence-electron chi connectivity index (χ0n) is 43.6. The summed E-state index contributed by atoms with van der Waals surface area (Å²) in [7, 11) is 0. The van der Waals surface area contributed by atoms with Gasteiger partial charge < -0.3 is 14.2 Å². The van der Waals surface area contributed by atoms with Gasteiger partial charge in [0.1, 0.15) is 6.61 Å². The fraction of sp³-hybridized carbons (Fsp3) is 0.556. The van der Waals surface area contributed by atoms with Crippen molar-refractivity contribution in [2.24, 2.45) is 0 Å². The van der Waals surface area contributed by atoms with Crippen LogP contribution in [0.3, 0.4) is 0 Å². The molecular weight excluding hydrogens is 837 g/mol. The molecule has 0 heterocycles. The lowest BCUT2D eigenvalue weighted by Crippen LogP contribution is -2.30. The third-order valence-electron chi connectivity index (χ3n) is 10.5. The van der Waals surface area contributed by atoms with Gasteiger partial charge in [-0.05, 0) is 135 Å². The predicted molar refractivity (Wildman–Crippen MR) is 297 cm³/mol. The van der Waals surface area contributed by atoms with E-state index >= 15 is 0 Å². The van der Waals surface area contributed by atoms with E-state index in [1.165, 1.54) is 19.3 Å². The number of ether oxygens (including phenoxy) is 3. The number of carbonyl (C=O) groups excluding carboxylic acids is 2. The van der Waals surface area contributed by atoms with Crippen molar-refractivity contribution < 1.29 is 23.8 Å². The molecule has 0 aliphatic rings. The molecule has 0 N–H and O–H groups in total. The van der Waals surface area contributed by atoms with Crippen LogP contribution in [0, 0.1) is 0 Å². The maximum Gasteiger partial charge on any atom is 0.306 e. The summed E-state index contributed by atoms with van der Waals surface area (Å²) in [5.74, 6) is -0.497. The van der Waals surface area contributed by atoms with Crippen LogP contribution >= 0.6 is 0 Å². The highest BCUT2D eigenvalue weighted by atomic mass is 16.6. The van der Waals surface area contributed by atoms with E-state index in [-0.39, 0.29) is 25.2 Å². The minimum Gasteiger partial charge on any atom is -0.462 e. The second kappa shape index (κ2) is 56.8. The zero-order chi connectivity index (χ0) is 49.2. The van der Waals surface area contributed by atoms with Gasteiger partial charge in [-0.1, -0.05) is 211 Å². The molecule has 0 aliphatic heterocycles. The van der Waals surface area contributed by atoms with E-state index in [4.69, 9.17) is 14.2 Å². The summed E-state index contributed by atoms with van der Waals surface area (Å²) < 4.78 is 17.3. The van der Waals surface area contributed by atoms with Gasteiger partial charge in [-0.2, -0.15) is 0 Å². The molecule has 0 saturated heterocycles. The van der Waals surface area contributed by atoms with Gasteiger partial charge in [0.25, 0.3) is 0 Å². The monoisotopic (exact) mass is 935 g/mol. The average Bonchev–Trinajstić information content (AvgIpc) is 3.34. The Morgan fingerprint density at radius 2 is 0.662 bits per heavy atom. The summed E-state index contributed by atoms with van der Waals surface area (Å²) in [4.78, 5) is 25.4. The van der Waals surface area contributed by atoms with E-state index in [0.29, 0.717) is 19.4 Å². The van der Waals surface area contributed by atoms with Gasteiger partial charge in [0.2, 0.25) is 0 Å². The van der Waals surface area contributed by atoms with Crippen LogP contribution < -0.4 is 0 Å². The van der Waals surface area contributed by atoms with Crippen LogP contribution in [0.15, 0.2) is 158 Å². The topological polar surface area (TPSA) is 61.8 Å². The summed E-state index contributed by atoms with van der Waals surface area (Å²) in [5, 5.41) is 0. The van der Waals surface area contributed by atoms with Crippen LogP contribution in [-0.2, 0) is 23.8 Å². The molecule has 0 amide bonds. The van der Waals surface area contributed by atoms with Crippen LogP contribution in [0.2, 0.25) is 0 Å². The third-order valence-corrected chi connectivity index (χ3v) is 10.5. The first-order valence-corrected chi connectivity index (χ1v) is 27.0. The molecule has 0 aromatic rings. The van der Waals surface area contributed by atoms with Crippen molar-refractivity contribution in [2.45, 2.75) is 207 Å². The summed E-state index contributed by atoms with van der Waals surface area (Å²) in [5.41, 5.74) is 0. The van der Waals surface area contributed by atoms with Crippen LogP contribution in [-0.4, -0.2) is 37.9 Å². The number of esters is 2. The largest absolute Gasteiger partial charge is 0.462 e. The fourth-order valence-electron chi connectivity index (χ4n) is 6.59. The Morgan fingerprint density at radius 1 is 0.338 bits per heavy atom. The second-order valence-corrected chi connectivity index (χ2v) is 17.0. The minimum atomic E-state index is -0.601. The van der Waals surface area contributed by atoms with Gasteiger partial charge in [0, 0.05) is 19.4 Å². The van der Waals surface area contributed by atoms with Gasteiger partial charge in [0.15, 0.2) is 6.10 Å². The number of unbranched alkanes of at least 4 members (excludes halogenated alkanes) is 10. The minimum absolute atomic E-state index is 0.0275. The Morgan fingerprint density at radius 3 is 1.07 bits per heavy atom. The SMILES string of the molecule is CC/C=C\C/C=C\C/C=C\C/C=C\C/C=C\C/C=C\CCCOCC(COC(=O)CCCCC/C=C\C/C=C\C/C=C\C/C=C\C/C=C\CC)OC(=O)CCCCCCC/C=C\C/C=C\CCC. The maximum absolute atomic E-state index is 12.8. The average molecular weight is 935 g/mol. The predicted octanol–water partition coefficient (Wildman–Crippen LogP) is 18.7. The summed E-state index contributed by atoms with van der Waals surface area (Å²) >= 11 is 0. The van der Waals surface area contributed by atoms with Crippen molar-refractivity contribution >= 4 is 11.9 Å². The molecule has 0 aliphatic carbocycles. The summed E-state index contributed by atoms with van der Waals surface area (Å²) in [6.45, 7) is 7.31. The molecule has 380 valence electrons. The maximum atomic E-state index is 12.8. The lowest BCUT2D eigenvalue weighted by molar-refractivity contribution is -0.163. The Balaban J connectivity index is 4.48. The van der Waals surface area contributed by atoms with Crippen molar-refractivity contribution in [1.82, 2.24) is 0 Å². The van der Waals surface area contributed by atoms with E-state index in [2.05, 4.69) is 179 Å². The quantitative estimate of drug-likeness (QED) is 0.0346. The molecule has 1 atom stereocenters. The zero-order valence-corrected chi connectivity index (χ0v) is 43.6. The van der Waals surface area contributed by atoms with E-state index in [1.807, 2.05) is 0 Å². The number of hydrogen-bond donors (Lipinski definition) is 0. The van der Waals surface area contributed by atoms with Gasteiger partial charge in [0.05, 0.1) is 6.61 Å². The van der Waals surface area contributed by atoms with Crippen molar-refractivity contribution in [3.63, 3.8) is 0 Å². The molecule has 0 saturated carbocycles. The van der Waals surface area contributed by atoms with Gasteiger partial charge in [-0.25, -0.2) is 0 Å². The first kappa shape index (κ1) is 63.5. The van der Waals surface area contributed by atoms with Crippen molar-refractivity contribution in [1.29, 1.82) is 0 Å². The smallest absolute Gasteiger partial charge is 0.306 e. The molecule has 0 spiro atoms. The van der Waals surface area contributed by atoms with Gasteiger partial charge in [-0.15, -0.1) is 0 Å². The molecule has 0 rings (SSSR count). The fourth-order valence-corrected chi connectivity index (χ4v) is 6.59. The van der Waals surface area contributed by atoms with Crippen molar-refractivity contribution in [3.8, 4) is 0 Å². The van der Waals surface area contributed by atoms with Gasteiger partial charge in [-0.3, -0.25) is 9.59 Å². The first-order valence-electron chi connectivity index (χ1n) is 27.0. The second-order valence-electron chi connectivity index (χ2n) is 17.0. The highest BCUT2D eigenvalue weighted by Gasteiger charge is 2.17. The van der Waals surface area contributed by atoms with Crippen molar-refractivity contribution in [3.05, 3.63) is 158 Å². The Kier molecular flexibility index (Phi) is 53.1. The van der Waals surface area contributed by atoms with E-state index in [9.17, 15) is 9.59 Å². The van der Waals surface area contributed by atoms with Crippen molar-refractivity contribution in [2.75, 3.05) is 19.8 Å². The van der Waals surface area contributed by atoms with Crippen LogP contribution in [0.5, 0.6) is 0 Å². The summed E-state index contributed by atoms with van der Waals surface area (Å²) in [6.07, 6.45) is 84.1. The lowest BCUT2D eigenvalue weighted by Gasteiger charge is -2.18. The van der Waals surface area contributed by atoms with E-state index < -0.39 is 6.10 Å². The molecular formula is C63H98O5. The molecule has 0 radical (unpaired) electrons. The standard InChI is InChI=1S/C63H98O5/c1-4-7-10-13-16-19-22-25-27-29-31-33-35-37-40-43-46-49-52-55-58-66-59-61(68-63(65)57-54-51-48-45-42-38-24-21-18-15-12-9-6-3)60-67-62(64)56-53-50-47-44-41-39-36-34-32-30-28-26-23-20-17-14-11-8-5-2/h7-8,10-12,15-17,19-21,24-28,31-34,37,39-41,46,49,61H,4-6,9,13-14,18,22-23,29-30,35-36,38,42-45,47-48,50-60H2,1-3H3/b10-7-,11-8-,15-12-,19-16-,20-17-,24-21-,27-25-,28-26-,33-31-,34-32-,40-37-,41-39-,49-46-. The molecule has 5 nitrogen and oxygen atoms in total. The molecule has 0 aromatic heterocycles. The lowest BCUT2D eigenvalue weighted by atomic mass is 10.1. The molecule has 0 fully saturated rings. The van der Waals surface area contributed by atoms with Crippen LogP contribution in [0.1, 0.15) is 201 Å². The van der Waals surface area contributed by atoms with Crippen LogP contribution in [0.4, 0.5) is 0 Å². The highest BCUT2D eigenvalue weighted by molar-refractivity contribution is 5.70. The molecule has 0 bridgehead atoms. The van der Waals surface area contributed by atoms with Gasteiger partial charge >= 0.3 is 11.9 Å². The van der Waals surface area contributed by atoms with E-state index in [0.717, 1.165) is 148 Å². The Labute approximate surface area is 418 Å². The first-order chi connectivity index (χ1) is 33.6. The third kappa shape index (κ3) is 54.1. The highest BCUT2D eigenvalue weighted by Crippen LogP contribution is 2.11. The molecule has 1 unspecified atom stereocenters. The Hall–Kier alpha value is -4.48. The number of hydrogen-bond acceptors (Lipinski definition) is 5. The molecule has 0 aromatic carbocycles. The normalized spacial score (nSPS) is 13.5. The number of rotatable bonds is 47. The van der Waals surface area contributed by atoms with Crippen LogP contribution in [0.25, 0.3) is 0 Å². The number of allylic oxidation sites excluding steroid dienone is 26. The van der Waals surface area contributed by atoms with E-state index in [1.54, 1.807) is 0 Å². The summed E-state index contributed by atoms with van der Waals surface area (Å²) in [6, 6.07) is 0. The Bertz CT molecular complexity index is 1520. The molecule has 68 heavy (non-hydrogen) atoms.